The van der Waals surface area contributed by atoms with Crippen LogP contribution < -0.4 is 0 Å². The van der Waals surface area contributed by atoms with Crippen LogP contribution >= 0.6 is 15.9 Å². The molecule has 1 N–H and O–H groups in total. The summed E-state index contributed by atoms with van der Waals surface area (Å²) in [6.07, 6.45) is 0.0631. The van der Waals surface area contributed by atoms with Gasteiger partial charge in [-0.15, -0.1) is 0 Å². The highest BCUT2D eigenvalue weighted by molar-refractivity contribution is 9.10. The lowest BCUT2D eigenvalue weighted by molar-refractivity contribution is 0.0696. The number of carboxylic acid groups (broad SMARTS) is 1. The van der Waals surface area contributed by atoms with Crippen molar-refractivity contribution in [3.05, 3.63) is 28.2 Å². The highest BCUT2D eigenvalue weighted by atomic mass is 79.9. The van der Waals surface area contributed by atoms with Gasteiger partial charge in [0.1, 0.15) is 0 Å². The number of rotatable bonds is 6. The maximum atomic E-state index is 12.7. The van der Waals surface area contributed by atoms with Crippen molar-refractivity contribution < 1.29 is 18.3 Å². The average molecular weight is 375 g/mol. The molecular weight excluding hydrogens is 360 g/mol. The molecule has 0 amide bonds. The van der Waals surface area contributed by atoms with Crippen molar-refractivity contribution in [1.29, 1.82) is 5.26 Å². The summed E-state index contributed by atoms with van der Waals surface area (Å²) in [5.74, 6) is -1.20. The van der Waals surface area contributed by atoms with Crippen molar-refractivity contribution in [2.24, 2.45) is 0 Å². The predicted octanol–water partition coefficient (Wildman–Crippen LogP) is 2.46. The van der Waals surface area contributed by atoms with Crippen LogP contribution in [0.5, 0.6) is 0 Å². The minimum Gasteiger partial charge on any atom is -0.478 e. The minimum absolute atomic E-state index is 0.0558. The average Bonchev–Trinajstić information content (AvgIpc) is 2.38. The third-order valence-electron chi connectivity index (χ3n) is 2.78. The molecule has 114 valence electrons. The van der Waals surface area contributed by atoms with Gasteiger partial charge < -0.3 is 5.11 Å². The van der Waals surface area contributed by atoms with E-state index in [9.17, 15) is 13.2 Å². The van der Waals surface area contributed by atoms with Gasteiger partial charge in [-0.25, -0.2) is 13.2 Å². The number of halogens is 1. The Morgan fingerprint density at radius 2 is 2.10 bits per heavy atom. The lowest BCUT2D eigenvalue weighted by Gasteiger charge is -2.25. The zero-order valence-electron chi connectivity index (χ0n) is 11.6. The topological polar surface area (TPSA) is 98.5 Å². The first-order valence-corrected chi connectivity index (χ1v) is 8.36. The lowest BCUT2D eigenvalue weighted by Crippen LogP contribution is -2.37. The monoisotopic (exact) mass is 374 g/mol. The Hall–Kier alpha value is -1.43. The highest BCUT2D eigenvalue weighted by Gasteiger charge is 2.29. The van der Waals surface area contributed by atoms with Crippen LogP contribution in [0.4, 0.5) is 0 Å². The number of sulfonamides is 1. The number of nitrogens with zero attached hydrogens (tertiary/aromatic N) is 2. The van der Waals surface area contributed by atoms with E-state index in [0.29, 0.717) is 0 Å². The summed E-state index contributed by atoms with van der Waals surface area (Å²) in [5.41, 5.74) is -0.110. The lowest BCUT2D eigenvalue weighted by atomic mass is 10.2. The number of hydrogen-bond acceptors (Lipinski definition) is 4. The van der Waals surface area contributed by atoms with Gasteiger partial charge in [0.15, 0.2) is 0 Å². The van der Waals surface area contributed by atoms with Crippen molar-refractivity contribution in [2.75, 3.05) is 6.54 Å². The molecule has 1 rings (SSSR count). The summed E-state index contributed by atoms with van der Waals surface area (Å²) in [6.45, 7) is 3.45. The fraction of sp³-hybridized carbons (Fsp3) is 0.385. The molecule has 0 aliphatic heterocycles. The number of nitriles is 1. The second kappa shape index (κ2) is 7.02. The van der Waals surface area contributed by atoms with Crippen LogP contribution in [-0.2, 0) is 10.0 Å². The van der Waals surface area contributed by atoms with E-state index in [0.717, 1.165) is 6.07 Å². The number of aromatic carboxylic acids is 1. The molecule has 21 heavy (non-hydrogen) atoms. The van der Waals surface area contributed by atoms with Crippen molar-refractivity contribution in [2.45, 2.75) is 31.2 Å². The van der Waals surface area contributed by atoms with Gasteiger partial charge >= 0.3 is 5.97 Å². The van der Waals surface area contributed by atoms with Crippen LogP contribution in [0.2, 0.25) is 0 Å². The maximum Gasteiger partial charge on any atom is 0.335 e. The fourth-order valence-electron chi connectivity index (χ4n) is 1.78. The Bertz CT molecular complexity index is 680. The fourth-order valence-corrected chi connectivity index (χ4v) is 4.37. The number of carbonyl (C=O) groups is 1. The Balaban J connectivity index is 3.37. The predicted molar refractivity (Wildman–Crippen MR) is 80.4 cm³/mol. The van der Waals surface area contributed by atoms with Gasteiger partial charge in [0, 0.05) is 23.5 Å². The SMILES string of the molecule is CC(C)N(CCC#N)S(=O)(=O)c1cc(C(=O)O)ccc1Br. The largest absolute Gasteiger partial charge is 0.478 e. The molecule has 0 fully saturated rings. The van der Waals surface area contributed by atoms with Gasteiger partial charge in [-0.3, -0.25) is 0 Å². The van der Waals surface area contributed by atoms with E-state index >= 15 is 0 Å². The second-order valence-electron chi connectivity index (χ2n) is 4.57. The Morgan fingerprint density at radius 1 is 1.48 bits per heavy atom. The molecule has 0 radical (unpaired) electrons. The van der Waals surface area contributed by atoms with Gasteiger partial charge in [-0.1, -0.05) is 0 Å². The molecule has 0 unspecified atom stereocenters. The number of carboxylic acids is 1. The molecule has 0 aliphatic rings. The van der Waals surface area contributed by atoms with Gasteiger partial charge in [0.2, 0.25) is 10.0 Å². The highest BCUT2D eigenvalue weighted by Crippen LogP contribution is 2.27. The first-order valence-electron chi connectivity index (χ1n) is 6.13. The van der Waals surface area contributed by atoms with Gasteiger partial charge in [0.25, 0.3) is 0 Å². The minimum atomic E-state index is -3.89. The Kier molecular flexibility index (Phi) is 5.89. The number of hydrogen-bond donors (Lipinski definition) is 1. The zero-order valence-corrected chi connectivity index (χ0v) is 14.0. The quantitative estimate of drug-likeness (QED) is 0.824. The molecule has 6 nitrogen and oxygen atoms in total. The third kappa shape index (κ3) is 4.03. The van der Waals surface area contributed by atoms with E-state index in [1.165, 1.54) is 16.4 Å². The molecule has 0 saturated heterocycles. The molecule has 0 aliphatic carbocycles. The molecule has 0 spiro atoms. The van der Waals surface area contributed by atoms with Crippen LogP contribution in [0.1, 0.15) is 30.6 Å². The molecule has 8 heteroatoms. The Morgan fingerprint density at radius 3 is 2.57 bits per heavy atom. The van der Waals surface area contributed by atoms with Crippen LogP contribution in [0, 0.1) is 11.3 Å². The van der Waals surface area contributed by atoms with Crippen LogP contribution in [-0.4, -0.2) is 36.4 Å². The van der Waals surface area contributed by atoms with Gasteiger partial charge in [-0.05, 0) is 48.0 Å². The van der Waals surface area contributed by atoms with E-state index in [1.807, 2.05) is 6.07 Å². The van der Waals surface area contributed by atoms with Gasteiger partial charge in [-0.2, -0.15) is 9.57 Å². The maximum absolute atomic E-state index is 12.7. The van der Waals surface area contributed by atoms with E-state index in [-0.39, 0.29) is 33.9 Å². The summed E-state index contributed by atoms with van der Waals surface area (Å²) in [5, 5.41) is 17.6. The summed E-state index contributed by atoms with van der Waals surface area (Å²) < 4.78 is 26.8. The van der Waals surface area contributed by atoms with Crippen molar-refractivity contribution in [1.82, 2.24) is 4.31 Å². The molecule has 0 atom stereocenters. The normalized spacial score (nSPS) is 11.6. The second-order valence-corrected chi connectivity index (χ2v) is 7.28. The first kappa shape index (κ1) is 17.6. The first-order chi connectivity index (χ1) is 9.71. The van der Waals surface area contributed by atoms with E-state index in [2.05, 4.69) is 15.9 Å². The summed E-state index contributed by atoms with van der Waals surface area (Å²) in [6, 6.07) is 5.39. The van der Waals surface area contributed by atoms with Crippen molar-refractivity contribution in [3.63, 3.8) is 0 Å². The smallest absolute Gasteiger partial charge is 0.335 e. The molecular formula is C13H15BrN2O4S. The van der Waals surface area contributed by atoms with Crippen LogP contribution in [0.3, 0.4) is 0 Å². The molecule has 0 bridgehead atoms. The van der Waals surface area contributed by atoms with E-state index in [1.54, 1.807) is 13.8 Å². The van der Waals surface area contributed by atoms with Crippen LogP contribution in [0.15, 0.2) is 27.6 Å². The van der Waals surface area contributed by atoms with Crippen LogP contribution in [0.25, 0.3) is 0 Å². The molecule has 0 saturated carbocycles. The number of benzene rings is 1. The molecule has 1 aromatic rings. The third-order valence-corrected chi connectivity index (χ3v) is 5.85. The Labute approximate surface area is 132 Å². The van der Waals surface area contributed by atoms with Crippen molar-refractivity contribution in [3.8, 4) is 6.07 Å². The molecule has 0 aromatic heterocycles. The van der Waals surface area contributed by atoms with Crippen molar-refractivity contribution >= 4 is 31.9 Å². The van der Waals surface area contributed by atoms with E-state index in [4.69, 9.17) is 10.4 Å². The van der Waals surface area contributed by atoms with E-state index < -0.39 is 16.0 Å². The zero-order chi connectivity index (χ0) is 16.2. The summed E-state index contributed by atoms with van der Waals surface area (Å²) in [7, 11) is -3.89. The summed E-state index contributed by atoms with van der Waals surface area (Å²) in [4.78, 5) is 10.9. The van der Waals surface area contributed by atoms with Gasteiger partial charge in [0.05, 0.1) is 16.5 Å². The standard InChI is InChI=1S/C13H15BrN2O4S/c1-9(2)16(7-3-6-15)21(19,20)12-8-10(13(17)18)4-5-11(12)14/h4-5,8-9H,3,7H2,1-2H3,(H,17,18). The summed E-state index contributed by atoms with van der Waals surface area (Å²) >= 11 is 3.14. The molecule has 0 heterocycles. The molecule has 1 aromatic carbocycles.